The smallest absolute Gasteiger partial charge is 0.277 e. The van der Waals surface area contributed by atoms with E-state index in [0.717, 1.165) is 22.4 Å². The zero-order valence-electron chi connectivity index (χ0n) is 18.3. The van der Waals surface area contributed by atoms with Crippen molar-refractivity contribution in [1.29, 1.82) is 0 Å². The van der Waals surface area contributed by atoms with Crippen LogP contribution in [0.4, 0.5) is 0 Å². The minimum absolute atomic E-state index is 0.220. The third kappa shape index (κ3) is 4.22. The van der Waals surface area contributed by atoms with Crippen molar-refractivity contribution >= 4 is 17.2 Å². The number of benzene rings is 1. The van der Waals surface area contributed by atoms with Gasteiger partial charge in [-0.25, -0.2) is 19.3 Å². The van der Waals surface area contributed by atoms with Crippen molar-refractivity contribution in [3.05, 3.63) is 80.2 Å². The Morgan fingerprint density at radius 3 is 2.59 bits per heavy atom. The molecule has 0 fully saturated rings. The van der Waals surface area contributed by atoms with E-state index in [1.54, 1.807) is 25.0 Å². The van der Waals surface area contributed by atoms with Gasteiger partial charge in [0.15, 0.2) is 0 Å². The molecule has 9 nitrogen and oxygen atoms in total. The van der Waals surface area contributed by atoms with Crippen LogP contribution in [0.3, 0.4) is 0 Å². The summed E-state index contributed by atoms with van der Waals surface area (Å²) in [5, 5.41) is 11.9. The number of hydrogen-bond donors (Lipinski definition) is 1. The molecule has 0 aliphatic carbocycles. The average Bonchev–Trinajstić information content (AvgIpc) is 3.41. The lowest BCUT2D eigenvalue weighted by atomic mass is 10.1. The summed E-state index contributed by atoms with van der Waals surface area (Å²) in [5.74, 6) is -0.220. The molecular weight excluding hydrogens is 426 g/mol. The molecule has 1 N–H and O–H groups in total. The van der Waals surface area contributed by atoms with Gasteiger partial charge in [0.25, 0.3) is 11.5 Å². The van der Waals surface area contributed by atoms with Crippen molar-refractivity contribution in [2.24, 2.45) is 7.05 Å². The quantitative estimate of drug-likeness (QED) is 0.484. The van der Waals surface area contributed by atoms with Crippen LogP contribution in [-0.4, -0.2) is 35.4 Å². The molecular formula is C22H23N7O2S. The molecule has 0 unspecified atom stereocenters. The van der Waals surface area contributed by atoms with E-state index in [-0.39, 0.29) is 11.5 Å². The van der Waals surface area contributed by atoms with Crippen LogP contribution in [0.1, 0.15) is 37.7 Å². The number of carbonyl (C=O) groups is 1. The Bertz CT molecular complexity index is 1340. The number of thiazole rings is 1. The first-order valence-corrected chi connectivity index (χ1v) is 10.9. The van der Waals surface area contributed by atoms with E-state index >= 15 is 0 Å². The van der Waals surface area contributed by atoms with Gasteiger partial charge in [-0.3, -0.25) is 9.59 Å². The topological polar surface area (TPSA) is 108 Å². The summed E-state index contributed by atoms with van der Waals surface area (Å²) in [6.45, 7) is 6.41. The summed E-state index contributed by atoms with van der Waals surface area (Å²) in [6, 6.07) is 7.87. The fraction of sp³-hybridized carbons (Fsp3) is 0.273. The maximum absolute atomic E-state index is 13.0. The molecule has 4 rings (SSSR count). The second-order valence-electron chi connectivity index (χ2n) is 7.49. The van der Waals surface area contributed by atoms with Gasteiger partial charge in [-0.05, 0) is 37.5 Å². The van der Waals surface area contributed by atoms with Crippen LogP contribution in [0, 0.1) is 20.8 Å². The Morgan fingerprint density at radius 2 is 1.88 bits per heavy atom. The van der Waals surface area contributed by atoms with Crippen LogP contribution < -0.4 is 10.9 Å². The molecule has 0 aliphatic heterocycles. The van der Waals surface area contributed by atoms with Crippen molar-refractivity contribution in [1.82, 2.24) is 34.8 Å². The van der Waals surface area contributed by atoms with Crippen molar-refractivity contribution < 1.29 is 4.79 Å². The number of hydrogen-bond acceptors (Lipinski definition) is 7. The highest BCUT2D eigenvalue weighted by Gasteiger charge is 2.21. The second-order valence-corrected chi connectivity index (χ2v) is 8.49. The fourth-order valence-corrected chi connectivity index (χ4v) is 4.52. The molecule has 0 bridgehead atoms. The molecule has 0 saturated heterocycles. The molecule has 32 heavy (non-hydrogen) atoms. The van der Waals surface area contributed by atoms with Gasteiger partial charge in [0.2, 0.25) is 0 Å². The number of aromatic nitrogens is 6. The number of nitrogens with zero attached hydrogens (tertiary/aromatic N) is 6. The van der Waals surface area contributed by atoms with Crippen molar-refractivity contribution in [2.75, 3.05) is 0 Å². The summed E-state index contributed by atoms with van der Waals surface area (Å²) >= 11 is 1.22. The van der Waals surface area contributed by atoms with E-state index in [9.17, 15) is 9.59 Å². The van der Waals surface area contributed by atoms with Crippen molar-refractivity contribution in [3.63, 3.8) is 0 Å². The summed E-state index contributed by atoms with van der Waals surface area (Å²) in [4.78, 5) is 34.6. The number of rotatable bonds is 6. The Hall–Kier alpha value is -3.66. The highest BCUT2D eigenvalue weighted by molar-refractivity contribution is 7.17. The molecule has 1 amide bonds. The van der Waals surface area contributed by atoms with E-state index < -0.39 is 0 Å². The largest absolute Gasteiger partial charge is 0.347 e. The van der Waals surface area contributed by atoms with Gasteiger partial charge < -0.3 is 5.32 Å². The van der Waals surface area contributed by atoms with Gasteiger partial charge >= 0.3 is 0 Å². The van der Waals surface area contributed by atoms with E-state index in [2.05, 4.69) is 25.5 Å². The first-order valence-electron chi connectivity index (χ1n) is 10.0. The van der Waals surface area contributed by atoms with Gasteiger partial charge in [0, 0.05) is 13.6 Å². The summed E-state index contributed by atoms with van der Waals surface area (Å²) < 4.78 is 3.04. The zero-order chi connectivity index (χ0) is 22.8. The van der Waals surface area contributed by atoms with Crippen LogP contribution in [0.2, 0.25) is 0 Å². The molecule has 3 heterocycles. The van der Waals surface area contributed by atoms with Crippen LogP contribution in [0.25, 0.3) is 10.6 Å². The number of nitrogens with one attached hydrogen (secondary N) is 1. The van der Waals surface area contributed by atoms with E-state index in [1.165, 1.54) is 22.3 Å². The van der Waals surface area contributed by atoms with Gasteiger partial charge in [-0.1, -0.05) is 24.3 Å². The first-order chi connectivity index (χ1) is 15.3. The lowest BCUT2D eigenvalue weighted by Gasteiger charge is -2.10. The lowest BCUT2D eigenvalue weighted by molar-refractivity contribution is 0.0954. The van der Waals surface area contributed by atoms with Gasteiger partial charge in [0.05, 0.1) is 23.5 Å². The Morgan fingerprint density at radius 1 is 1.12 bits per heavy atom. The average molecular weight is 450 g/mol. The minimum Gasteiger partial charge on any atom is -0.347 e. The number of aryl methyl sites for hydroxylation is 3. The Kier molecular flexibility index (Phi) is 5.95. The maximum Gasteiger partial charge on any atom is 0.277 e. The molecule has 0 radical (unpaired) electrons. The Labute approximate surface area is 188 Å². The number of carbonyl (C=O) groups excluding carboxylic acids is 1. The molecule has 3 aromatic heterocycles. The summed E-state index contributed by atoms with van der Waals surface area (Å²) in [7, 11) is 1.61. The van der Waals surface area contributed by atoms with Crippen molar-refractivity contribution in [3.8, 4) is 10.6 Å². The monoisotopic (exact) mass is 449 g/mol. The highest BCUT2D eigenvalue weighted by atomic mass is 32.1. The maximum atomic E-state index is 13.0. The van der Waals surface area contributed by atoms with Crippen LogP contribution in [0.15, 0.2) is 41.7 Å². The van der Waals surface area contributed by atoms with E-state index in [4.69, 9.17) is 0 Å². The van der Waals surface area contributed by atoms with Gasteiger partial charge in [0.1, 0.15) is 22.5 Å². The Balaban J connectivity index is 1.56. The summed E-state index contributed by atoms with van der Waals surface area (Å²) in [5.41, 5.74) is 4.43. The lowest BCUT2D eigenvalue weighted by Crippen LogP contribution is -2.23. The third-order valence-corrected chi connectivity index (χ3v) is 6.47. The van der Waals surface area contributed by atoms with Crippen LogP contribution >= 0.6 is 11.3 Å². The molecule has 10 heteroatoms. The molecule has 1 aromatic carbocycles. The second kappa shape index (κ2) is 8.83. The SMILES string of the molecule is Cc1nc(-c2c(C)c(C)nn(C)c2=O)sc1C(=O)NCc1ccccc1Cn1cncn1. The standard InChI is InChI=1S/C22H23N7O2S/c1-13-14(2)27-28(4)22(31)18(13)21-26-15(3)19(32-21)20(30)24-9-16-7-5-6-8-17(16)10-29-12-23-11-25-29/h5-8,11-12H,9-10H2,1-4H3,(H,24,30). The van der Waals surface area contributed by atoms with E-state index in [1.807, 2.05) is 38.1 Å². The van der Waals surface area contributed by atoms with E-state index in [0.29, 0.717) is 34.2 Å². The normalized spacial score (nSPS) is 11.0. The molecule has 0 saturated carbocycles. The van der Waals surface area contributed by atoms with Crippen LogP contribution in [-0.2, 0) is 20.1 Å². The first kappa shape index (κ1) is 21.6. The molecule has 0 aliphatic rings. The number of amides is 1. The summed E-state index contributed by atoms with van der Waals surface area (Å²) in [6.07, 6.45) is 3.15. The van der Waals surface area contributed by atoms with Gasteiger partial charge in [-0.15, -0.1) is 11.3 Å². The predicted octanol–water partition coefficient (Wildman–Crippen LogP) is 2.40. The fourth-order valence-electron chi connectivity index (χ4n) is 3.44. The van der Waals surface area contributed by atoms with Crippen molar-refractivity contribution in [2.45, 2.75) is 33.9 Å². The minimum atomic E-state index is -0.226. The predicted molar refractivity (Wildman–Crippen MR) is 122 cm³/mol. The zero-order valence-corrected chi connectivity index (χ0v) is 19.1. The molecule has 0 spiro atoms. The van der Waals surface area contributed by atoms with Crippen LogP contribution in [0.5, 0.6) is 0 Å². The molecule has 0 atom stereocenters. The highest BCUT2D eigenvalue weighted by Crippen LogP contribution is 2.28. The molecule has 4 aromatic rings. The van der Waals surface area contributed by atoms with Gasteiger partial charge in [-0.2, -0.15) is 10.2 Å². The third-order valence-electron chi connectivity index (χ3n) is 5.30. The molecule has 164 valence electrons.